The van der Waals surface area contributed by atoms with Crippen molar-refractivity contribution in [1.82, 2.24) is 25.1 Å². The first-order valence-electron chi connectivity index (χ1n) is 12.8. The summed E-state index contributed by atoms with van der Waals surface area (Å²) in [5.74, 6) is 0.464. The molecular formula is C28H31FN6O2. The summed E-state index contributed by atoms with van der Waals surface area (Å²) in [5, 5.41) is 10.1. The van der Waals surface area contributed by atoms with Crippen LogP contribution in [0.2, 0.25) is 0 Å². The zero-order valence-corrected chi connectivity index (χ0v) is 20.9. The Morgan fingerprint density at radius 1 is 1.24 bits per heavy atom. The molecule has 1 aliphatic carbocycles. The predicted octanol–water partition coefficient (Wildman–Crippen LogP) is 4.20. The standard InChI is InChI=1S/C28H31FN6O2/c1-18(28(37)32-27-14-25(33-34-27)19-7-8-19)20-4-2-5-21(12-20)26-16-30-15-23(31-26)13-24(36)6-3-10-35-11-9-22(29)17-35/h2-6,12,14-16,18-19,22H,7-11,13,17H2,1H3,(H2,32,33,34,37)/b6-3+/t18-,22-/m0/s1. The van der Waals surface area contributed by atoms with Crippen LogP contribution >= 0.6 is 0 Å². The normalized spacial score (nSPS) is 18.8. The quantitative estimate of drug-likeness (QED) is 0.403. The topological polar surface area (TPSA) is 104 Å². The number of aromatic amines is 1. The minimum Gasteiger partial charge on any atom is -0.309 e. The zero-order valence-electron chi connectivity index (χ0n) is 20.9. The lowest BCUT2D eigenvalue weighted by atomic mass is 9.97. The van der Waals surface area contributed by atoms with Gasteiger partial charge in [0.25, 0.3) is 0 Å². The van der Waals surface area contributed by atoms with E-state index in [1.165, 1.54) is 6.08 Å². The van der Waals surface area contributed by atoms with Gasteiger partial charge in [0.15, 0.2) is 11.6 Å². The van der Waals surface area contributed by atoms with Gasteiger partial charge in [0.2, 0.25) is 5.91 Å². The maximum absolute atomic E-state index is 13.3. The number of allylic oxidation sites excluding steroid dienone is 1. The van der Waals surface area contributed by atoms with E-state index in [0.29, 0.717) is 42.6 Å². The Morgan fingerprint density at radius 2 is 2.11 bits per heavy atom. The van der Waals surface area contributed by atoms with E-state index >= 15 is 0 Å². The van der Waals surface area contributed by atoms with Crippen molar-refractivity contribution in [3.63, 3.8) is 0 Å². The Balaban J connectivity index is 1.20. The number of nitrogens with one attached hydrogen (secondary N) is 2. The van der Waals surface area contributed by atoms with E-state index < -0.39 is 12.1 Å². The highest BCUT2D eigenvalue weighted by Gasteiger charge is 2.26. The molecule has 0 spiro atoms. The first-order valence-corrected chi connectivity index (χ1v) is 12.8. The number of alkyl halides is 1. The van der Waals surface area contributed by atoms with Gasteiger partial charge in [-0.25, -0.2) is 9.37 Å². The minimum absolute atomic E-state index is 0.0790. The fourth-order valence-corrected chi connectivity index (χ4v) is 4.51. The van der Waals surface area contributed by atoms with Crippen molar-refractivity contribution < 1.29 is 14.0 Å². The Kier molecular flexibility index (Phi) is 7.50. The number of benzene rings is 1. The molecule has 0 radical (unpaired) electrons. The molecule has 1 aromatic carbocycles. The van der Waals surface area contributed by atoms with Crippen LogP contribution in [0.3, 0.4) is 0 Å². The van der Waals surface area contributed by atoms with Crippen LogP contribution in [0.5, 0.6) is 0 Å². The van der Waals surface area contributed by atoms with E-state index in [0.717, 1.165) is 36.2 Å². The minimum atomic E-state index is -0.769. The second-order valence-corrected chi connectivity index (χ2v) is 9.91. The maximum atomic E-state index is 13.3. The fourth-order valence-electron chi connectivity index (χ4n) is 4.51. The van der Waals surface area contributed by atoms with Crippen LogP contribution in [0.25, 0.3) is 11.3 Å². The smallest absolute Gasteiger partial charge is 0.232 e. The summed E-state index contributed by atoms with van der Waals surface area (Å²) < 4.78 is 13.3. The molecule has 2 atom stereocenters. The first kappa shape index (κ1) is 25.0. The van der Waals surface area contributed by atoms with Crippen molar-refractivity contribution in [3.8, 4) is 11.3 Å². The van der Waals surface area contributed by atoms with Crippen molar-refractivity contribution in [2.75, 3.05) is 25.0 Å². The lowest BCUT2D eigenvalue weighted by Gasteiger charge is -2.13. The molecule has 2 fully saturated rings. The number of likely N-dealkylation sites (tertiary alicyclic amines) is 1. The van der Waals surface area contributed by atoms with Crippen LogP contribution in [-0.2, 0) is 16.0 Å². The van der Waals surface area contributed by atoms with Crippen LogP contribution in [0.4, 0.5) is 10.2 Å². The second kappa shape index (κ2) is 11.1. The van der Waals surface area contributed by atoms with Crippen LogP contribution in [-0.4, -0.2) is 62.6 Å². The Hall–Kier alpha value is -3.72. The molecule has 192 valence electrons. The molecule has 8 nitrogen and oxygen atoms in total. The number of carbonyl (C=O) groups is 2. The van der Waals surface area contributed by atoms with Crippen molar-refractivity contribution >= 4 is 17.5 Å². The molecular weight excluding hydrogens is 471 g/mol. The molecule has 3 heterocycles. The summed E-state index contributed by atoms with van der Waals surface area (Å²) >= 11 is 0. The van der Waals surface area contributed by atoms with E-state index in [2.05, 4.69) is 25.5 Å². The number of rotatable bonds is 10. The third kappa shape index (κ3) is 6.54. The van der Waals surface area contributed by atoms with Gasteiger partial charge >= 0.3 is 0 Å². The van der Waals surface area contributed by atoms with Gasteiger partial charge in [-0.15, -0.1) is 0 Å². The Bertz CT molecular complexity index is 1300. The number of H-pyrrole nitrogens is 1. The highest BCUT2D eigenvalue weighted by molar-refractivity contribution is 5.95. The van der Waals surface area contributed by atoms with Crippen LogP contribution in [0, 0.1) is 0 Å². The lowest BCUT2D eigenvalue weighted by Crippen LogP contribution is -2.21. The summed E-state index contributed by atoms with van der Waals surface area (Å²) in [6.07, 6.45) is 8.80. The molecule has 1 saturated carbocycles. The van der Waals surface area contributed by atoms with Crippen molar-refractivity contribution in [2.24, 2.45) is 0 Å². The molecule has 1 aliphatic heterocycles. The van der Waals surface area contributed by atoms with Gasteiger partial charge in [-0.3, -0.25) is 24.6 Å². The number of carbonyl (C=O) groups excluding carboxylic acids is 2. The molecule has 2 aromatic heterocycles. The summed E-state index contributed by atoms with van der Waals surface area (Å²) in [4.78, 5) is 36.2. The van der Waals surface area contributed by atoms with Crippen molar-refractivity contribution in [1.29, 1.82) is 0 Å². The third-order valence-corrected chi connectivity index (χ3v) is 6.86. The Morgan fingerprint density at radius 3 is 2.89 bits per heavy atom. The van der Waals surface area contributed by atoms with Gasteiger partial charge in [-0.05, 0) is 43.9 Å². The van der Waals surface area contributed by atoms with E-state index in [4.69, 9.17) is 0 Å². The van der Waals surface area contributed by atoms with Crippen LogP contribution in [0.15, 0.2) is 54.9 Å². The summed E-state index contributed by atoms with van der Waals surface area (Å²) in [5.41, 5.74) is 3.94. The number of hydrogen-bond donors (Lipinski definition) is 2. The number of aromatic nitrogens is 4. The number of nitrogens with zero attached hydrogens (tertiary/aromatic N) is 4. The van der Waals surface area contributed by atoms with Gasteiger partial charge < -0.3 is 5.32 Å². The molecule has 37 heavy (non-hydrogen) atoms. The van der Waals surface area contributed by atoms with Gasteiger partial charge in [0.05, 0.1) is 29.9 Å². The lowest BCUT2D eigenvalue weighted by molar-refractivity contribution is -0.117. The number of amides is 1. The van der Waals surface area contributed by atoms with Gasteiger partial charge in [0, 0.05) is 49.1 Å². The van der Waals surface area contributed by atoms with E-state index in [1.54, 1.807) is 18.5 Å². The Labute approximate surface area is 215 Å². The first-order chi connectivity index (χ1) is 17.9. The number of hydrogen-bond acceptors (Lipinski definition) is 6. The molecule has 0 unspecified atom stereocenters. The van der Waals surface area contributed by atoms with Gasteiger partial charge in [-0.1, -0.05) is 24.3 Å². The second-order valence-electron chi connectivity index (χ2n) is 9.91. The summed E-state index contributed by atoms with van der Waals surface area (Å²) in [6, 6.07) is 9.53. The van der Waals surface area contributed by atoms with E-state index in [-0.39, 0.29) is 18.1 Å². The summed E-state index contributed by atoms with van der Waals surface area (Å²) in [6.45, 7) is 3.57. The number of anilines is 1. The largest absolute Gasteiger partial charge is 0.309 e. The molecule has 9 heteroatoms. The van der Waals surface area contributed by atoms with Crippen LogP contribution in [0.1, 0.15) is 55.0 Å². The third-order valence-electron chi connectivity index (χ3n) is 6.86. The predicted molar refractivity (Wildman–Crippen MR) is 139 cm³/mol. The van der Waals surface area contributed by atoms with Crippen LogP contribution < -0.4 is 5.32 Å². The monoisotopic (exact) mass is 502 g/mol. The molecule has 1 saturated heterocycles. The fraction of sp³-hybridized carbons (Fsp3) is 0.393. The van der Waals surface area contributed by atoms with E-state index in [9.17, 15) is 14.0 Å². The molecule has 5 rings (SSSR count). The molecule has 2 aliphatic rings. The van der Waals surface area contributed by atoms with Crippen molar-refractivity contribution in [3.05, 3.63) is 71.8 Å². The van der Waals surface area contributed by atoms with Crippen molar-refractivity contribution in [2.45, 2.75) is 50.6 Å². The van der Waals surface area contributed by atoms with Gasteiger partial charge in [-0.2, -0.15) is 5.10 Å². The number of ketones is 1. The molecule has 1 amide bonds. The SMILES string of the molecule is C[C@H](C(=O)Nc1cc(C2CC2)[nH]n1)c1cccc(-c2cncc(CC(=O)/C=C/CN3CC[C@H](F)C3)n2)c1. The number of halogens is 1. The highest BCUT2D eigenvalue weighted by atomic mass is 19.1. The molecule has 3 aromatic rings. The van der Waals surface area contributed by atoms with E-state index in [1.807, 2.05) is 42.2 Å². The summed E-state index contributed by atoms with van der Waals surface area (Å²) in [7, 11) is 0. The zero-order chi connectivity index (χ0) is 25.8. The maximum Gasteiger partial charge on any atom is 0.232 e. The average Bonchev–Trinajstić information content (AvgIpc) is 3.51. The van der Waals surface area contributed by atoms with Gasteiger partial charge in [0.1, 0.15) is 6.17 Å². The average molecular weight is 503 g/mol. The molecule has 2 N–H and O–H groups in total. The molecule has 0 bridgehead atoms. The highest BCUT2D eigenvalue weighted by Crippen LogP contribution is 2.39.